The zero-order chi connectivity index (χ0) is 15.5. The Morgan fingerprint density at radius 3 is 2.43 bits per heavy atom. The summed E-state index contributed by atoms with van der Waals surface area (Å²) in [5, 5.41) is 8.78. The molecule has 2 rings (SSSR count). The average Bonchev–Trinajstić information content (AvgIpc) is 2.38. The van der Waals surface area contributed by atoms with Crippen molar-refractivity contribution < 1.29 is 14.7 Å². The lowest BCUT2D eigenvalue weighted by atomic mass is 9.81. The minimum absolute atomic E-state index is 0.00900. The molecule has 1 aromatic rings. The third kappa shape index (κ3) is 3.50. The van der Waals surface area contributed by atoms with Crippen molar-refractivity contribution in [1.82, 2.24) is 0 Å². The molecule has 0 bridgehead atoms. The maximum Gasteiger partial charge on any atom is 0.234 e. The summed E-state index contributed by atoms with van der Waals surface area (Å²) < 4.78 is 0. The van der Waals surface area contributed by atoms with Gasteiger partial charge in [-0.05, 0) is 17.5 Å². The molecule has 1 fully saturated rings. The summed E-state index contributed by atoms with van der Waals surface area (Å²) in [5.74, 6) is 5.37. The number of hydrogen-bond acceptors (Lipinski definition) is 3. The van der Waals surface area contributed by atoms with E-state index in [1.807, 2.05) is 19.9 Å². The topological polar surface area (TPSA) is 57.6 Å². The van der Waals surface area contributed by atoms with Crippen molar-refractivity contribution >= 4 is 17.5 Å². The Morgan fingerprint density at radius 2 is 1.81 bits per heavy atom. The zero-order valence-corrected chi connectivity index (χ0v) is 12.3. The number of anilines is 1. The minimum Gasteiger partial charge on any atom is -0.395 e. The van der Waals surface area contributed by atoms with E-state index < -0.39 is 0 Å². The van der Waals surface area contributed by atoms with Gasteiger partial charge in [0.25, 0.3) is 0 Å². The van der Waals surface area contributed by atoms with E-state index in [1.54, 1.807) is 18.2 Å². The van der Waals surface area contributed by atoms with E-state index in [1.165, 1.54) is 4.90 Å². The van der Waals surface area contributed by atoms with Crippen LogP contribution in [0.4, 0.5) is 5.69 Å². The van der Waals surface area contributed by atoms with Gasteiger partial charge in [-0.1, -0.05) is 37.8 Å². The number of nitrogens with zero attached hydrogens (tertiary/aromatic N) is 1. The van der Waals surface area contributed by atoms with Gasteiger partial charge in [0, 0.05) is 24.8 Å². The lowest BCUT2D eigenvalue weighted by molar-refractivity contribution is -0.132. The van der Waals surface area contributed by atoms with Crippen molar-refractivity contribution in [2.45, 2.75) is 33.1 Å². The van der Waals surface area contributed by atoms with E-state index >= 15 is 0 Å². The van der Waals surface area contributed by atoms with Gasteiger partial charge in [-0.15, -0.1) is 0 Å². The fraction of sp³-hybridized carbons (Fsp3) is 0.412. The van der Waals surface area contributed by atoms with Crippen LogP contribution in [0, 0.1) is 17.3 Å². The highest BCUT2D eigenvalue weighted by molar-refractivity contribution is 6.17. The van der Waals surface area contributed by atoms with E-state index in [2.05, 4.69) is 11.8 Å². The first-order chi connectivity index (χ1) is 9.94. The summed E-state index contributed by atoms with van der Waals surface area (Å²) in [4.78, 5) is 25.9. The number of para-hydroxylation sites is 1. The van der Waals surface area contributed by atoms with Gasteiger partial charge in [-0.2, -0.15) is 0 Å². The molecule has 0 spiro atoms. The van der Waals surface area contributed by atoms with Gasteiger partial charge in [0.15, 0.2) is 0 Å². The molecule has 0 aromatic heterocycles. The van der Waals surface area contributed by atoms with Crippen molar-refractivity contribution in [1.29, 1.82) is 0 Å². The van der Waals surface area contributed by atoms with Crippen molar-refractivity contribution in [2.24, 2.45) is 5.41 Å². The van der Waals surface area contributed by atoms with Gasteiger partial charge in [0.1, 0.15) is 0 Å². The summed E-state index contributed by atoms with van der Waals surface area (Å²) in [6.45, 7) is 3.84. The Balaban J connectivity index is 2.36. The molecule has 110 valence electrons. The van der Waals surface area contributed by atoms with Crippen molar-refractivity contribution in [3.05, 3.63) is 29.8 Å². The average molecular weight is 285 g/mol. The van der Waals surface area contributed by atoms with Gasteiger partial charge in [-0.3, -0.25) is 9.59 Å². The van der Waals surface area contributed by atoms with Crippen LogP contribution in [0.25, 0.3) is 0 Å². The van der Waals surface area contributed by atoms with Gasteiger partial charge in [0.05, 0.1) is 12.3 Å². The Hall–Kier alpha value is -2.12. The predicted molar refractivity (Wildman–Crippen MR) is 80.5 cm³/mol. The summed E-state index contributed by atoms with van der Waals surface area (Å²) in [5.41, 5.74) is 0.878. The van der Waals surface area contributed by atoms with Crippen molar-refractivity contribution in [3.63, 3.8) is 0 Å². The van der Waals surface area contributed by atoms with Gasteiger partial charge in [-0.25, -0.2) is 4.90 Å². The number of amides is 2. The molecule has 1 aliphatic heterocycles. The molecule has 0 aliphatic carbocycles. The Labute approximate surface area is 124 Å². The Morgan fingerprint density at radius 1 is 1.19 bits per heavy atom. The van der Waals surface area contributed by atoms with Crippen LogP contribution in [0.15, 0.2) is 24.3 Å². The van der Waals surface area contributed by atoms with Crippen LogP contribution in [-0.2, 0) is 9.59 Å². The van der Waals surface area contributed by atoms with Crippen LogP contribution in [0.2, 0.25) is 0 Å². The lowest BCUT2D eigenvalue weighted by Crippen LogP contribution is -2.46. The Kier molecular flexibility index (Phi) is 4.44. The van der Waals surface area contributed by atoms with Gasteiger partial charge in [0.2, 0.25) is 11.8 Å². The van der Waals surface area contributed by atoms with Gasteiger partial charge >= 0.3 is 0 Å². The lowest BCUT2D eigenvalue weighted by Gasteiger charge is -2.35. The molecule has 2 amide bonds. The summed E-state index contributed by atoms with van der Waals surface area (Å²) in [7, 11) is 0. The number of imide groups is 1. The quantitative estimate of drug-likeness (QED) is 0.668. The molecular weight excluding hydrogens is 266 g/mol. The molecule has 1 heterocycles. The Bertz CT molecular complexity index is 602. The summed E-state index contributed by atoms with van der Waals surface area (Å²) in [6, 6.07) is 7.11. The standard InChI is InChI=1S/C17H19NO3/c1-17(2)11-15(20)18(16(21)12-17)14-9-4-3-7-13(14)8-5-6-10-19/h3-4,7,9,19H,6,10-12H2,1-2H3. The molecule has 0 atom stereocenters. The molecule has 0 radical (unpaired) electrons. The second kappa shape index (κ2) is 6.11. The largest absolute Gasteiger partial charge is 0.395 e. The van der Waals surface area contributed by atoms with E-state index in [9.17, 15) is 9.59 Å². The van der Waals surface area contributed by atoms with E-state index in [-0.39, 0.29) is 23.8 Å². The smallest absolute Gasteiger partial charge is 0.234 e. The number of carbonyl (C=O) groups is 2. The first-order valence-electron chi connectivity index (χ1n) is 6.99. The fourth-order valence-corrected chi connectivity index (χ4v) is 2.44. The SMILES string of the molecule is CC1(C)CC(=O)N(c2ccccc2C#CCCO)C(=O)C1. The second-order valence-electron chi connectivity index (χ2n) is 5.93. The third-order valence-electron chi connectivity index (χ3n) is 3.36. The van der Waals surface area contributed by atoms with Crippen LogP contribution in [0.1, 0.15) is 38.7 Å². The van der Waals surface area contributed by atoms with Crippen LogP contribution >= 0.6 is 0 Å². The number of rotatable bonds is 2. The maximum absolute atomic E-state index is 12.3. The molecule has 0 saturated carbocycles. The zero-order valence-electron chi connectivity index (χ0n) is 12.3. The van der Waals surface area contributed by atoms with Crippen molar-refractivity contribution in [2.75, 3.05) is 11.5 Å². The summed E-state index contributed by atoms with van der Waals surface area (Å²) >= 11 is 0. The highest BCUT2D eigenvalue weighted by atomic mass is 16.2. The van der Waals surface area contributed by atoms with Crippen LogP contribution in [0.5, 0.6) is 0 Å². The highest BCUT2D eigenvalue weighted by Gasteiger charge is 2.38. The molecule has 1 saturated heterocycles. The first kappa shape index (κ1) is 15.3. The first-order valence-corrected chi connectivity index (χ1v) is 6.99. The molecule has 21 heavy (non-hydrogen) atoms. The minimum atomic E-state index is -0.290. The van der Waals surface area contributed by atoms with E-state index in [0.717, 1.165) is 0 Å². The number of piperidine rings is 1. The number of benzene rings is 1. The molecule has 1 aliphatic rings. The molecule has 1 aromatic carbocycles. The van der Waals surface area contributed by atoms with Gasteiger partial charge < -0.3 is 5.11 Å². The molecule has 4 nitrogen and oxygen atoms in total. The predicted octanol–water partition coefficient (Wildman–Crippen LogP) is 2.10. The third-order valence-corrected chi connectivity index (χ3v) is 3.36. The molecule has 0 unspecified atom stereocenters. The maximum atomic E-state index is 12.3. The molecule has 4 heteroatoms. The van der Waals surface area contributed by atoms with E-state index in [0.29, 0.717) is 30.5 Å². The van der Waals surface area contributed by atoms with Crippen LogP contribution in [0.3, 0.4) is 0 Å². The number of carbonyl (C=O) groups excluding carboxylic acids is 2. The number of aliphatic hydroxyl groups is 1. The van der Waals surface area contributed by atoms with Crippen LogP contribution in [-0.4, -0.2) is 23.5 Å². The highest BCUT2D eigenvalue weighted by Crippen LogP contribution is 2.34. The molecular formula is C17H19NO3. The fourth-order valence-electron chi connectivity index (χ4n) is 2.44. The van der Waals surface area contributed by atoms with E-state index in [4.69, 9.17) is 5.11 Å². The molecule has 1 N–H and O–H groups in total. The monoisotopic (exact) mass is 285 g/mol. The summed E-state index contributed by atoms with van der Waals surface area (Å²) in [6.07, 6.45) is 1.05. The van der Waals surface area contributed by atoms with Crippen molar-refractivity contribution in [3.8, 4) is 11.8 Å². The normalized spacial score (nSPS) is 17.4. The second-order valence-corrected chi connectivity index (χ2v) is 5.93. The number of aliphatic hydroxyl groups excluding tert-OH is 1. The number of hydrogen-bond donors (Lipinski definition) is 1. The van der Waals surface area contributed by atoms with Crippen LogP contribution < -0.4 is 4.90 Å².